The molecular formula is C24H26N2O5S. The summed E-state index contributed by atoms with van der Waals surface area (Å²) < 4.78 is 5.52. The zero-order valence-corrected chi connectivity index (χ0v) is 18.8. The molecule has 1 fully saturated rings. The Morgan fingerprint density at radius 2 is 1.72 bits per heavy atom. The highest BCUT2D eigenvalue weighted by atomic mass is 32.2. The van der Waals surface area contributed by atoms with E-state index < -0.39 is 24.1 Å². The van der Waals surface area contributed by atoms with Gasteiger partial charge in [-0.15, -0.1) is 11.8 Å². The lowest BCUT2D eigenvalue weighted by atomic mass is 9.98. The fourth-order valence-electron chi connectivity index (χ4n) is 4.47. The molecule has 4 rings (SSSR count). The molecule has 0 radical (unpaired) electrons. The van der Waals surface area contributed by atoms with Gasteiger partial charge in [-0.1, -0.05) is 48.5 Å². The number of amides is 2. The zero-order valence-electron chi connectivity index (χ0n) is 18.0. The largest absolute Gasteiger partial charge is 0.480 e. The van der Waals surface area contributed by atoms with Gasteiger partial charge >= 0.3 is 12.1 Å². The van der Waals surface area contributed by atoms with Gasteiger partial charge in [-0.2, -0.15) is 0 Å². The van der Waals surface area contributed by atoms with Crippen LogP contribution in [0, 0.1) is 0 Å². The SMILES string of the molecule is CC(CC(=O)N1C(C)SCC1C(=O)O)NC(=O)OCC1c2ccccc2-c2ccccc21. The van der Waals surface area contributed by atoms with Crippen molar-refractivity contribution in [2.45, 2.75) is 43.6 Å². The maximum Gasteiger partial charge on any atom is 0.407 e. The van der Waals surface area contributed by atoms with E-state index in [2.05, 4.69) is 29.6 Å². The van der Waals surface area contributed by atoms with E-state index in [1.54, 1.807) is 6.92 Å². The molecule has 0 bridgehead atoms. The number of fused-ring (bicyclic) bond motifs is 3. The highest BCUT2D eigenvalue weighted by molar-refractivity contribution is 8.00. The number of aliphatic carboxylic acids is 1. The number of carbonyl (C=O) groups excluding carboxylic acids is 2. The maximum atomic E-state index is 12.7. The van der Waals surface area contributed by atoms with E-state index in [0.717, 1.165) is 22.3 Å². The Kier molecular flexibility index (Phi) is 6.41. The second-order valence-corrected chi connectivity index (χ2v) is 9.51. The molecule has 7 nitrogen and oxygen atoms in total. The van der Waals surface area contributed by atoms with Crippen molar-refractivity contribution in [3.8, 4) is 11.1 Å². The number of carboxylic acids is 1. The Morgan fingerprint density at radius 3 is 2.31 bits per heavy atom. The van der Waals surface area contributed by atoms with Crippen molar-refractivity contribution < 1.29 is 24.2 Å². The molecule has 32 heavy (non-hydrogen) atoms. The molecule has 3 atom stereocenters. The third-order valence-corrected chi connectivity index (χ3v) is 7.20. The van der Waals surface area contributed by atoms with Gasteiger partial charge in [0.05, 0.1) is 5.37 Å². The van der Waals surface area contributed by atoms with Crippen LogP contribution >= 0.6 is 11.8 Å². The van der Waals surface area contributed by atoms with Crippen LogP contribution < -0.4 is 5.32 Å². The summed E-state index contributed by atoms with van der Waals surface area (Å²) in [6, 6.07) is 14.9. The van der Waals surface area contributed by atoms with E-state index in [1.165, 1.54) is 16.7 Å². The minimum Gasteiger partial charge on any atom is -0.480 e. The lowest BCUT2D eigenvalue weighted by Crippen LogP contribution is -2.47. The molecule has 0 saturated carbocycles. The number of benzene rings is 2. The molecule has 1 heterocycles. The molecule has 2 N–H and O–H groups in total. The van der Waals surface area contributed by atoms with Gasteiger partial charge in [0.1, 0.15) is 12.6 Å². The van der Waals surface area contributed by atoms with Crippen LogP contribution in [0.15, 0.2) is 48.5 Å². The van der Waals surface area contributed by atoms with Crippen LogP contribution in [0.3, 0.4) is 0 Å². The van der Waals surface area contributed by atoms with E-state index in [4.69, 9.17) is 4.74 Å². The number of nitrogens with one attached hydrogen (secondary N) is 1. The number of hydrogen-bond donors (Lipinski definition) is 2. The van der Waals surface area contributed by atoms with E-state index in [9.17, 15) is 19.5 Å². The minimum atomic E-state index is -1.01. The summed E-state index contributed by atoms with van der Waals surface area (Å²) in [5.74, 6) is -0.964. The number of nitrogens with zero attached hydrogens (tertiary/aromatic N) is 1. The minimum absolute atomic E-state index is 0.0128. The smallest absolute Gasteiger partial charge is 0.407 e. The van der Waals surface area contributed by atoms with Crippen LogP contribution in [0.25, 0.3) is 11.1 Å². The van der Waals surface area contributed by atoms with Crippen LogP contribution in [0.2, 0.25) is 0 Å². The van der Waals surface area contributed by atoms with Gasteiger partial charge in [0, 0.05) is 24.1 Å². The lowest BCUT2D eigenvalue weighted by Gasteiger charge is -2.26. The monoisotopic (exact) mass is 454 g/mol. The van der Waals surface area contributed by atoms with E-state index >= 15 is 0 Å². The summed E-state index contributed by atoms with van der Waals surface area (Å²) in [4.78, 5) is 37.9. The van der Waals surface area contributed by atoms with Crippen LogP contribution in [-0.2, 0) is 14.3 Å². The fourth-order valence-corrected chi connectivity index (χ4v) is 5.66. The van der Waals surface area contributed by atoms with E-state index in [-0.39, 0.29) is 30.2 Å². The van der Waals surface area contributed by atoms with Crippen molar-refractivity contribution >= 4 is 29.7 Å². The summed E-state index contributed by atoms with van der Waals surface area (Å²) in [5, 5.41) is 11.8. The van der Waals surface area contributed by atoms with Gasteiger partial charge in [-0.25, -0.2) is 9.59 Å². The number of rotatable bonds is 6. The number of alkyl carbamates (subject to hydrolysis) is 1. The summed E-state index contributed by atoms with van der Waals surface area (Å²) in [6.45, 7) is 3.72. The number of hydrogen-bond acceptors (Lipinski definition) is 5. The number of thioether (sulfide) groups is 1. The van der Waals surface area contributed by atoms with Crippen LogP contribution in [0.4, 0.5) is 4.79 Å². The van der Waals surface area contributed by atoms with Gasteiger partial charge in [0.25, 0.3) is 0 Å². The van der Waals surface area contributed by atoms with Crippen LogP contribution in [0.1, 0.15) is 37.3 Å². The second-order valence-electron chi connectivity index (χ2n) is 8.16. The summed E-state index contributed by atoms with van der Waals surface area (Å²) in [5.41, 5.74) is 4.57. The van der Waals surface area contributed by atoms with Gasteiger partial charge in [-0.05, 0) is 36.1 Å². The third kappa shape index (κ3) is 4.32. The molecule has 2 aromatic carbocycles. The van der Waals surface area contributed by atoms with Crippen molar-refractivity contribution in [2.75, 3.05) is 12.4 Å². The van der Waals surface area contributed by atoms with Gasteiger partial charge in [0.2, 0.25) is 5.91 Å². The highest BCUT2D eigenvalue weighted by Gasteiger charge is 2.39. The van der Waals surface area contributed by atoms with Crippen molar-refractivity contribution in [3.05, 3.63) is 59.7 Å². The molecule has 0 aromatic heterocycles. The first kappa shape index (κ1) is 22.2. The average molecular weight is 455 g/mol. The molecule has 2 aliphatic rings. The number of carbonyl (C=O) groups is 3. The quantitative estimate of drug-likeness (QED) is 0.691. The first-order chi connectivity index (χ1) is 15.4. The first-order valence-corrected chi connectivity index (χ1v) is 11.7. The molecule has 1 aliphatic heterocycles. The Balaban J connectivity index is 1.34. The fraction of sp³-hybridized carbons (Fsp3) is 0.375. The molecule has 2 amide bonds. The van der Waals surface area contributed by atoms with Crippen molar-refractivity contribution in [2.24, 2.45) is 0 Å². The second kappa shape index (κ2) is 9.24. The topological polar surface area (TPSA) is 95.9 Å². The standard InChI is InChI=1S/C24H26N2O5S/c1-14(11-22(27)26-15(2)32-13-21(26)23(28)29)25-24(30)31-12-20-18-9-5-3-7-16(18)17-8-4-6-10-19(17)20/h3-10,14-15,20-21H,11-13H2,1-2H3,(H,25,30)(H,28,29). The molecule has 1 aliphatic carbocycles. The zero-order chi connectivity index (χ0) is 22.8. The Hall–Kier alpha value is -3.00. The Labute approximate surface area is 191 Å². The third-order valence-electron chi connectivity index (χ3n) is 5.98. The predicted molar refractivity (Wildman–Crippen MR) is 122 cm³/mol. The lowest BCUT2D eigenvalue weighted by molar-refractivity contribution is -0.149. The average Bonchev–Trinajstić information content (AvgIpc) is 3.30. The van der Waals surface area contributed by atoms with Gasteiger partial charge in [0.15, 0.2) is 0 Å². The molecule has 2 aromatic rings. The number of carboxylic acid groups (broad SMARTS) is 1. The van der Waals surface area contributed by atoms with Crippen molar-refractivity contribution in [3.63, 3.8) is 0 Å². The van der Waals surface area contributed by atoms with E-state index in [0.29, 0.717) is 5.75 Å². The van der Waals surface area contributed by atoms with E-state index in [1.807, 2.05) is 31.2 Å². The molecule has 8 heteroatoms. The molecule has 3 unspecified atom stereocenters. The Bertz CT molecular complexity index is 997. The summed E-state index contributed by atoms with van der Waals surface area (Å²) in [7, 11) is 0. The molecule has 1 saturated heterocycles. The molecule has 168 valence electrons. The van der Waals surface area contributed by atoms with Gasteiger partial charge < -0.3 is 20.1 Å². The maximum absolute atomic E-state index is 12.7. The summed E-state index contributed by atoms with van der Waals surface area (Å²) in [6.07, 6.45) is -0.579. The van der Waals surface area contributed by atoms with Gasteiger partial charge in [-0.3, -0.25) is 4.79 Å². The molecular weight excluding hydrogens is 428 g/mol. The predicted octanol–water partition coefficient (Wildman–Crippen LogP) is 3.68. The van der Waals surface area contributed by atoms with Crippen molar-refractivity contribution in [1.29, 1.82) is 0 Å². The van der Waals surface area contributed by atoms with Crippen LogP contribution in [0.5, 0.6) is 0 Å². The van der Waals surface area contributed by atoms with Crippen LogP contribution in [-0.4, -0.2) is 57.8 Å². The normalized spacial score (nSPS) is 20.4. The number of ether oxygens (including phenoxy) is 1. The van der Waals surface area contributed by atoms with Crippen molar-refractivity contribution in [1.82, 2.24) is 10.2 Å². The molecule has 0 spiro atoms. The first-order valence-electron chi connectivity index (χ1n) is 10.6. The Morgan fingerprint density at radius 1 is 1.12 bits per heavy atom. The highest BCUT2D eigenvalue weighted by Crippen LogP contribution is 2.44. The summed E-state index contributed by atoms with van der Waals surface area (Å²) >= 11 is 1.43.